The smallest absolute Gasteiger partial charge is 0.263 e. The first-order chi connectivity index (χ1) is 12.4. The monoisotopic (exact) mass is 460 g/mol. The first-order valence-electron chi connectivity index (χ1n) is 8.19. The lowest BCUT2D eigenvalue weighted by molar-refractivity contribution is 0.0951. The fraction of sp³-hybridized carbons (Fsp3) is 0.353. The van der Waals surface area contributed by atoms with E-state index in [-0.39, 0.29) is 16.3 Å². The molecule has 0 aliphatic carbocycles. The second kappa shape index (κ2) is 8.16. The van der Waals surface area contributed by atoms with Crippen LogP contribution in [-0.2, 0) is 16.6 Å². The van der Waals surface area contributed by atoms with Gasteiger partial charge in [-0.25, -0.2) is 12.8 Å². The van der Waals surface area contributed by atoms with Gasteiger partial charge in [0.1, 0.15) is 15.6 Å². The Kier molecular flexibility index (Phi) is 6.11. The number of sulfonamides is 1. The van der Waals surface area contributed by atoms with Gasteiger partial charge >= 0.3 is 0 Å². The van der Waals surface area contributed by atoms with Crippen LogP contribution in [0.3, 0.4) is 0 Å². The first kappa shape index (κ1) is 19.5. The third-order valence-corrected chi connectivity index (χ3v) is 7.97. The fourth-order valence-corrected chi connectivity index (χ4v) is 6.07. The minimum Gasteiger partial charge on any atom is -0.347 e. The summed E-state index contributed by atoms with van der Waals surface area (Å²) in [4.78, 5) is 12.7. The van der Waals surface area contributed by atoms with E-state index in [1.54, 1.807) is 11.4 Å². The summed E-state index contributed by atoms with van der Waals surface area (Å²) in [6, 6.07) is 5.68. The third kappa shape index (κ3) is 4.16. The van der Waals surface area contributed by atoms with Gasteiger partial charge in [-0.1, -0.05) is 22.4 Å². The van der Waals surface area contributed by atoms with E-state index in [0.29, 0.717) is 23.1 Å². The van der Waals surface area contributed by atoms with Crippen LogP contribution in [0.25, 0.3) is 0 Å². The Hall–Kier alpha value is -1.29. The van der Waals surface area contributed by atoms with E-state index in [4.69, 9.17) is 0 Å². The number of nitrogens with zero attached hydrogens (tertiary/aromatic N) is 1. The van der Waals surface area contributed by atoms with Crippen LogP contribution in [-0.4, -0.2) is 31.7 Å². The molecule has 1 amide bonds. The van der Waals surface area contributed by atoms with Crippen molar-refractivity contribution >= 4 is 43.2 Å². The molecule has 1 saturated heterocycles. The average molecular weight is 461 g/mol. The van der Waals surface area contributed by atoms with Crippen molar-refractivity contribution in [2.24, 2.45) is 0 Å². The Morgan fingerprint density at radius 3 is 2.69 bits per heavy atom. The zero-order chi connectivity index (χ0) is 18.7. The highest BCUT2D eigenvalue weighted by atomic mass is 79.9. The molecule has 1 N–H and O–H groups in total. The Morgan fingerprint density at radius 2 is 1.96 bits per heavy atom. The summed E-state index contributed by atoms with van der Waals surface area (Å²) >= 11 is 4.40. The van der Waals surface area contributed by atoms with Crippen LogP contribution in [0.15, 0.2) is 39.0 Å². The van der Waals surface area contributed by atoms with Crippen molar-refractivity contribution < 1.29 is 17.6 Å². The van der Waals surface area contributed by atoms with E-state index in [1.807, 2.05) is 0 Å². The zero-order valence-corrected chi connectivity index (χ0v) is 17.1. The zero-order valence-electron chi connectivity index (χ0n) is 13.9. The summed E-state index contributed by atoms with van der Waals surface area (Å²) in [6.45, 7) is 1.06. The molecule has 5 nitrogen and oxygen atoms in total. The maximum atomic E-state index is 13.4. The van der Waals surface area contributed by atoms with Gasteiger partial charge in [-0.05, 0) is 48.1 Å². The van der Waals surface area contributed by atoms with Gasteiger partial charge in [0.2, 0.25) is 10.0 Å². The Morgan fingerprint density at radius 1 is 1.23 bits per heavy atom. The number of piperidine rings is 1. The van der Waals surface area contributed by atoms with Crippen LogP contribution >= 0.6 is 27.3 Å². The van der Waals surface area contributed by atoms with Crippen molar-refractivity contribution in [1.82, 2.24) is 9.62 Å². The molecule has 140 valence electrons. The lowest BCUT2D eigenvalue weighted by atomic mass is 10.2. The molecule has 0 bridgehead atoms. The molecule has 2 aromatic rings. The van der Waals surface area contributed by atoms with Crippen molar-refractivity contribution in [3.8, 4) is 0 Å². The van der Waals surface area contributed by atoms with E-state index < -0.39 is 21.7 Å². The molecular formula is C17H18BrFN2O3S2. The van der Waals surface area contributed by atoms with Gasteiger partial charge in [-0.15, -0.1) is 11.3 Å². The molecular weight excluding hydrogens is 443 g/mol. The SMILES string of the molecule is O=C(NCc1cc(F)ccc1Br)c1sccc1S(=O)(=O)N1CCCCC1. The van der Waals surface area contributed by atoms with Crippen LogP contribution in [0, 0.1) is 5.82 Å². The van der Waals surface area contributed by atoms with Crippen molar-refractivity contribution in [1.29, 1.82) is 0 Å². The highest BCUT2D eigenvalue weighted by molar-refractivity contribution is 9.10. The molecule has 0 unspecified atom stereocenters. The molecule has 1 aromatic heterocycles. The van der Waals surface area contributed by atoms with Crippen molar-refractivity contribution in [2.45, 2.75) is 30.7 Å². The number of thiophene rings is 1. The minimum atomic E-state index is -3.68. The highest BCUT2D eigenvalue weighted by Crippen LogP contribution is 2.27. The number of carbonyl (C=O) groups excluding carboxylic acids is 1. The summed E-state index contributed by atoms with van der Waals surface area (Å²) in [5.74, 6) is -0.881. The molecule has 26 heavy (non-hydrogen) atoms. The topological polar surface area (TPSA) is 66.5 Å². The predicted octanol–water partition coefficient (Wildman–Crippen LogP) is 3.75. The number of carbonyl (C=O) groups is 1. The first-order valence-corrected chi connectivity index (χ1v) is 11.3. The summed E-state index contributed by atoms with van der Waals surface area (Å²) in [6.07, 6.45) is 2.68. The van der Waals surface area contributed by atoms with Gasteiger partial charge in [-0.3, -0.25) is 4.79 Å². The van der Waals surface area contributed by atoms with Gasteiger partial charge in [0.25, 0.3) is 5.91 Å². The highest BCUT2D eigenvalue weighted by Gasteiger charge is 2.30. The molecule has 2 heterocycles. The normalized spacial score (nSPS) is 15.8. The quantitative estimate of drug-likeness (QED) is 0.738. The number of nitrogens with one attached hydrogen (secondary N) is 1. The lowest BCUT2D eigenvalue weighted by Crippen LogP contribution is -2.36. The van der Waals surface area contributed by atoms with Crippen LogP contribution in [0.2, 0.25) is 0 Å². The van der Waals surface area contributed by atoms with Gasteiger partial charge in [0.05, 0.1) is 0 Å². The summed E-state index contributed by atoms with van der Waals surface area (Å²) in [5.41, 5.74) is 0.579. The fourth-order valence-electron chi connectivity index (χ4n) is 2.85. The molecule has 0 spiro atoms. The Bertz CT molecular complexity index is 908. The average Bonchev–Trinajstić information content (AvgIpc) is 3.14. The van der Waals surface area contributed by atoms with Crippen LogP contribution in [0.4, 0.5) is 4.39 Å². The van der Waals surface area contributed by atoms with Crippen LogP contribution in [0.5, 0.6) is 0 Å². The molecule has 3 rings (SSSR count). The van der Waals surface area contributed by atoms with Crippen LogP contribution in [0.1, 0.15) is 34.5 Å². The molecule has 0 radical (unpaired) electrons. The van der Waals surface area contributed by atoms with E-state index in [0.717, 1.165) is 30.6 Å². The Labute approximate surface area is 164 Å². The second-order valence-electron chi connectivity index (χ2n) is 6.00. The number of hydrogen-bond acceptors (Lipinski definition) is 4. The molecule has 1 fully saturated rings. The lowest BCUT2D eigenvalue weighted by Gasteiger charge is -2.25. The number of hydrogen-bond donors (Lipinski definition) is 1. The molecule has 9 heteroatoms. The molecule has 1 aliphatic rings. The molecule has 0 atom stereocenters. The number of amides is 1. The third-order valence-electron chi connectivity index (χ3n) is 4.22. The van der Waals surface area contributed by atoms with Crippen molar-refractivity contribution in [3.63, 3.8) is 0 Å². The summed E-state index contributed by atoms with van der Waals surface area (Å²) in [5, 5.41) is 4.28. The van der Waals surface area contributed by atoms with E-state index in [1.165, 1.54) is 22.5 Å². The van der Waals surface area contributed by atoms with E-state index in [2.05, 4.69) is 21.2 Å². The van der Waals surface area contributed by atoms with Crippen LogP contribution < -0.4 is 5.32 Å². The maximum absolute atomic E-state index is 13.4. The van der Waals surface area contributed by atoms with Gasteiger partial charge in [0, 0.05) is 24.1 Å². The number of halogens is 2. The molecule has 0 saturated carbocycles. The van der Waals surface area contributed by atoms with Crippen molar-refractivity contribution in [2.75, 3.05) is 13.1 Å². The van der Waals surface area contributed by atoms with Crippen molar-refractivity contribution in [3.05, 3.63) is 50.4 Å². The minimum absolute atomic E-state index is 0.0419. The molecule has 1 aliphatic heterocycles. The summed E-state index contributed by atoms with van der Waals surface area (Å²) in [7, 11) is -3.68. The standard InChI is InChI=1S/C17H18BrFN2O3S2/c18-14-5-4-13(19)10-12(14)11-20-17(22)16-15(6-9-25-16)26(23,24)21-7-2-1-3-8-21/h4-6,9-10H,1-3,7-8,11H2,(H,20,22). The summed E-state index contributed by atoms with van der Waals surface area (Å²) < 4.78 is 41.2. The molecule has 1 aromatic carbocycles. The second-order valence-corrected chi connectivity index (χ2v) is 9.67. The largest absolute Gasteiger partial charge is 0.347 e. The van der Waals surface area contributed by atoms with Gasteiger partial charge < -0.3 is 5.32 Å². The maximum Gasteiger partial charge on any atom is 0.263 e. The van der Waals surface area contributed by atoms with Gasteiger partial charge in [0.15, 0.2) is 0 Å². The number of rotatable bonds is 5. The van der Waals surface area contributed by atoms with Gasteiger partial charge in [-0.2, -0.15) is 4.31 Å². The van der Waals surface area contributed by atoms with E-state index >= 15 is 0 Å². The Balaban J connectivity index is 1.77. The van der Waals surface area contributed by atoms with E-state index in [9.17, 15) is 17.6 Å². The number of benzene rings is 1. The predicted molar refractivity (Wildman–Crippen MR) is 102 cm³/mol.